The van der Waals surface area contributed by atoms with E-state index < -0.39 is 5.97 Å². The third kappa shape index (κ3) is 3.49. The molecule has 0 atom stereocenters. The third-order valence-electron chi connectivity index (χ3n) is 0.460. The summed E-state index contributed by atoms with van der Waals surface area (Å²) in [5, 5.41) is 1.33. The first-order valence-corrected chi connectivity index (χ1v) is 2.51. The van der Waals surface area contributed by atoms with Crippen molar-refractivity contribution < 1.29 is 9.53 Å². The fourth-order valence-electron chi connectivity index (χ4n) is 0.175. The van der Waals surface area contributed by atoms with Crippen molar-refractivity contribution in [2.45, 2.75) is 0 Å². The number of hydrogen-bond donors (Lipinski definition) is 0. The van der Waals surface area contributed by atoms with Crippen LogP contribution in [0.4, 0.5) is 0 Å². The van der Waals surface area contributed by atoms with E-state index in [4.69, 9.17) is 0 Å². The molecular formula is C5H6O2S. The van der Waals surface area contributed by atoms with E-state index >= 15 is 0 Å². The lowest BCUT2D eigenvalue weighted by atomic mass is 10.6. The molecule has 0 rings (SSSR count). The molecule has 0 heterocycles. The molecule has 0 spiro atoms. The van der Waals surface area contributed by atoms with Gasteiger partial charge in [-0.2, -0.15) is 0 Å². The number of esters is 1. The van der Waals surface area contributed by atoms with Crippen LogP contribution in [-0.2, 0) is 9.53 Å². The van der Waals surface area contributed by atoms with Crippen LogP contribution in [0.25, 0.3) is 0 Å². The lowest BCUT2D eigenvalue weighted by Crippen LogP contribution is -2.00. The second-order valence-electron chi connectivity index (χ2n) is 1.00. The molecule has 0 radical (unpaired) electrons. The second-order valence-corrected chi connectivity index (χ2v) is 1.33. The monoisotopic (exact) mass is 130 g/mol. The van der Waals surface area contributed by atoms with Gasteiger partial charge in [-0.05, 0) is 0 Å². The van der Waals surface area contributed by atoms with Gasteiger partial charge in [-0.15, -0.1) is 0 Å². The summed E-state index contributed by atoms with van der Waals surface area (Å²) in [7, 11) is 0. The molecule has 0 aromatic heterocycles. The molecule has 0 bridgehead atoms. The molecule has 8 heavy (non-hydrogen) atoms. The van der Waals surface area contributed by atoms with Gasteiger partial charge in [-0.25, -0.2) is 4.79 Å². The average molecular weight is 130 g/mol. The molecule has 3 heteroatoms. The minimum absolute atomic E-state index is 0.181. The predicted molar refractivity (Wildman–Crippen MR) is 34.8 cm³/mol. The van der Waals surface area contributed by atoms with Gasteiger partial charge >= 0.3 is 5.97 Å². The highest BCUT2D eigenvalue weighted by Crippen LogP contribution is 1.74. The normalized spacial score (nSPS) is 7.50. The van der Waals surface area contributed by atoms with Crippen molar-refractivity contribution in [2.24, 2.45) is 0 Å². The van der Waals surface area contributed by atoms with Gasteiger partial charge in [-0.1, -0.05) is 18.8 Å². The first kappa shape index (κ1) is 7.30. The summed E-state index contributed by atoms with van der Waals surface area (Å²) in [5.74, 6) is -0.439. The first-order chi connectivity index (χ1) is 3.81. The highest BCUT2D eigenvalue weighted by Gasteiger charge is 1.88. The Hall–Kier alpha value is -0.700. The Labute approximate surface area is 53.1 Å². The summed E-state index contributed by atoms with van der Waals surface area (Å²) in [4.78, 5) is 10.2. The Balaban J connectivity index is 3.24. The maximum atomic E-state index is 10.2. The van der Waals surface area contributed by atoms with Gasteiger partial charge in [0, 0.05) is 11.4 Å². The molecular weight excluding hydrogens is 124 g/mol. The molecule has 0 amide bonds. The molecule has 0 unspecified atom stereocenters. The Bertz CT molecular complexity index is 109. The van der Waals surface area contributed by atoms with Crippen LogP contribution < -0.4 is 0 Å². The van der Waals surface area contributed by atoms with E-state index in [9.17, 15) is 4.79 Å². The van der Waals surface area contributed by atoms with Crippen LogP contribution >= 0.6 is 12.2 Å². The topological polar surface area (TPSA) is 26.3 Å². The Morgan fingerprint density at radius 2 is 2.50 bits per heavy atom. The van der Waals surface area contributed by atoms with Crippen LogP contribution in [0.2, 0.25) is 0 Å². The van der Waals surface area contributed by atoms with E-state index in [1.807, 2.05) is 0 Å². The largest absolute Gasteiger partial charge is 0.457 e. The van der Waals surface area contributed by atoms with Crippen LogP contribution in [0, 0.1) is 0 Å². The van der Waals surface area contributed by atoms with Gasteiger partial charge in [-0.3, -0.25) is 0 Å². The Kier molecular flexibility index (Phi) is 4.07. The predicted octanol–water partition coefficient (Wildman–Crippen LogP) is 0.715. The number of carbonyl (C=O) groups excluding carboxylic acids is 1. The van der Waals surface area contributed by atoms with Gasteiger partial charge in [0.1, 0.15) is 6.61 Å². The van der Waals surface area contributed by atoms with Gasteiger partial charge in [0.2, 0.25) is 0 Å². The summed E-state index contributed by atoms with van der Waals surface area (Å²) in [6.07, 6.45) is 1.10. The molecule has 2 nitrogen and oxygen atoms in total. The number of carbonyl (C=O) groups is 1. The Morgan fingerprint density at radius 3 is 2.88 bits per heavy atom. The molecule has 0 saturated heterocycles. The van der Waals surface area contributed by atoms with Crippen molar-refractivity contribution in [2.75, 3.05) is 6.61 Å². The number of hydrogen-bond acceptors (Lipinski definition) is 3. The van der Waals surface area contributed by atoms with Crippen LogP contribution in [0.5, 0.6) is 0 Å². The van der Waals surface area contributed by atoms with Crippen LogP contribution in [0.1, 0.15) is 0 Å². The van der Waals surface area contributed by atoms with Gasteiger partial charge in [0.05, 0.1) is 0 Å². The summed E-state index contributed by atoms with van der Waals surface area (Å²) < 4.78 is 4.42. The quantitative estimate of drug-likeness (QED) is 0.320. The van der Waals surface area contributed by atoms with Gasteiger partial charge < -0.3 is 4.74 Å². The highest BCUT2D eigenvalue weighted by molar-refractivity contribution is 7.79. The summed E-state index contributed by atoms with van der Waals surface area (Å²) >= 11 is 4.38. The Morgan fingerprint density at radius 1 is 1.88 bits per heavy atom. The van der Waals surface area contributed by atoms with E-state index in [-0.39, 0.29) is 6.61 Å². The fraction of sp³-hybridized carbons (Fsp3) is 0.200. The van der Waals surface area contributed by atoms with Crippen molar-refractivity contribution in [1.29, 1.82) is 0 Å². The zero-order chi connectivity index (χ0) is 6.41. The lowest BCUT2D eigenvalue weighted by Gasteiger charge is -1.91. The summed E-state index contributed by atoms with van der Waals surface area (Å²) in [6, 6.07) is 0. The standard InChI is InChI=1S/C5H6O2S/c1-2-5(6)7-3-4-8/h2,4H,1,3H2. The van der Waals surface area contributed by atoms with E-state index in [1.54, 1.807) is 0 Å². The van der Waals surface area contributed by atoms with Gasteiger partial charge in [0.15, 0.2) is 0 Å². The van der Waals surface area contributed by atoms with Crippen molar-refractivity contribution in [3.63, 3.8) is 0 Å². The fourth-order valence-corrected chi connectivity index (χ4v) is 0.243. The number of ether oxygens (including phenoxy) is 1. The molecule has 0 aromatic carbocycles. The zero-order valence-electron chi connectivity index (χ0n) is 4.29. The van der Waals surface area contributed by atoms with E-state index in [2.05, 4.69) is 23.5 Å². The average Bonchev–Trinajstić information content (AvgIpc) is 1.83. The molecule has 0 fully saturated rings. The molecule has 0 aliphatic rings. The SMILES string of the molecule is C=CC(=O)OCC=S. The van der Waals surface area contributed by atoms with E-state index in [0.29, 0.717) is 0 Å². The minimum atomic E-state index is -0.439. The second kappa shape index (κ2) is 4.46. The lowest BCUT2D eigenvalue weighted by molar-refractivity contribution is -0.135. The molecule has 0 N–H and O–H groups in total. The summed E-state index contributed by atoms with van der Waals surface area (Å²) in [5.41, 5.74) is 0. The van der Waals surface area contributed by atoms with Gasteiger partial charge in [0.25, 0.3) is 0 Å². The number of thiocarbonyl (C=S) groups is 1. The van der Waals surface area contributed by atoms with Crippen LogP contribution in [0.3, 0.4) is 0 Å². The molecule has 0 aliphatic heterocycles. The minimum Gasteiger partial charge on any atom is -0.457 e. The maximum Gasteiger partial charge on any atom is 0.330 e. The molecule has 0 saturated carbocycles. The van der Waals surface area contributed by atoms with E-state index in [0.717, 1.165) is 6.08 Å². The van der Waals surface area contributed by atoms with E-state index in [1.165, 1.54) is 5.37 Å². The molecule has 44 valence electrons. The van der Waals surface area contributed by atoms with Crippen molar-refractivity contribution >= 4 is 23.6 Å². The van der Waals surface area contributed by atoms with Crippen molar-refractivity contribution in [1.82, 2.24) is 0 Å². The highest BCUT2D eigenvalue weighted by atomic mass is 32.1. The first-order valence-electron chi connectivity index (χ1n) is 2.04. The number of rotatable bonds is 3. The maximum absolute atomic E-state index is 10.2. The zero-order valence-corrected chi connectivity index (χ0v) is 5.11. The summed E-state index contributed by atoms with van der Waals surface area (Å²) in [6.45, 7) is 3.37. The van der Waals surface area contributed by atoms with Crippen LogP contribution in [-0.4, -0.2) is 17.9 Å². The van der Waals surface area contributed by atoms with Crippen molar-refractivity contribution in [3.05, 3.63) is 12.7 Å². The molecule has 0 aliphatic carbocycles. The smallest absolute Gasteiger partial charge is 0.330 e. The molecule has 0 aromatic rings. The third-order valence-corrected chi connectivity index (χ3v) is 0.596. The van der Waals surface area contributed by atoms with Crippen LogP contribution in [0.15, 0.2) is 12.7 Å². The van der Waals surface area contributed by atoms with Crippen molar-refractivity contribution in [3.8, 4) is 0 Å².